The average molecular weight is 174 g/mol. The first-order valence-electron chi connectivity index (χ1n) is 3.28. The van der Waals surface area contributed by atoms with Crippen LogP contribution in [0.5, 0.6) is 0 Å². The zero-order valence-corrected chi connectivity index (χ0v) is 7.14. The van der Waals surface area contributed by atoms with Crippen molar-refractivity contribution in [2.24, 2.45) is 0 Å². The van der Waals surface area contributed by atoms with Crippen molar-refractivity contribution in [3.05, 3.63) is 35.4 Å². The highest BCUT2D eigenvalue weighted by Crippen LogP contribution is 1.80. The molecule has 0 rings (SSSR count). The minimum atomic E-state index is -1.50. The molecule has 0 aliphatic rings. The maximum Gasteiger partial charge on any atom is 0.291 e. The molecule has 1 N–H and O–H groups in total. The number of hydrogen-bond donors (Lipinski definition) is 1. The molecule has 0 saturated carbocycles. The fraction of sp³-hybridized carbons (Fsp3) is 0.429. The van der Waals surface area contributed by atoms with Crippen LogP contribution in [0, 0.1) is 10.1 Å². The van der Waals surface area contributed by atoms with E-state index in [1.165, 1.54) is 0 Å². The molecule has 0 aromatic carbocycles. The third-order valence-corrected chi connectivity index (χ3v) is 0.882. The van der Waals surface area contributed by atoms with Crippen molar-refractivity contribution in [3.8, 4) is 0 Å². The monoisotopic (exact) mass is 174 g/mol. The van der Waals surface area contributed by atoms with Crippen molar-refractivity contribution in [2.75, 3.05) is 20.1 Å². The molecule has 0 radical (unpaired) electrons. The Labute approximate surface area is 71.7 Å². The highest BCUT2D eigenvalue weighted by atomic mass is 16.9. The summed E-state index contributed by atoms with van der Waals surface area (Å²) >= 11 is 0. The smallest absolute Gasteiger partial charge is 0.291 e. The Kier molecular flexibility index (Phi) is 10.6. The summed E-state index contributed by atoms with van der Waals surface area (Å²) in [6.45, 7) is 9.09. The van der Waals surface area contributed by atoms with Crippen LogP contribution < -0.4 is 0 Å². The number of likely N-dealkylation sites (N-methyl/N-ethyl adjacent to an activating group) is 1. The van der Waals surface area contributed by atoms with Crippen molar-refractivity contribution < 1.29 is 10.3 Å². The zero-order chi connectivity index (χ0) is 9.98. The standard InChI is InChI=1S/C7H13N.HNO3/c1-4-6-8(3)7-5-2;2-1(3)4/h4-5H,1-2,6-7H2,3H3;(H,2,3,4). The highest BCUT2D eigenvalue weighted by molar-refractivity contribution is 4.76. The minimum absolute atomic E-state index is 0.937. The lowest BCUT2D eigenvalue weighted by molar-refractivity contribution is -0.742. The Morgan fingerprint density at radius 3 is 1.92 bits per heavy atom. The molecule has 0 aliphatic heterocycles. The second-order valence-electron chi connectivity index (χ2n) is 2.04. The lowest BCUT2D eigenvalue weighted by atomic mass is 10.5. The minimum Gasteiger partial charge on any atom is -0.328 e. The van der Waals surface area contributed by atoms with E-state index in [1.54, 1.807) is 0 Å². The first-order chi connectivity index (χ1) is 5.54. The number of hydrogen-bond acceptors (Lipinski definition) is 3. The summed E-state index contributed by atoms with van der Waals surface area (Å²) in [6, 6.07) is 0. The van der Waals surface area contributed by atoms with Crippen LogP contribution >= 0.6 is 0 Å². The molecular weight excluding hydrogens is 160 g/mol. The molecule has 0 aromatic rings. The maximum absolute atomic E-state index is 8.36. The molecule has 0 unspecified atom stereocenters. The predicted octanol–water partition coefficient (Wildman–Crippen LogP) is 0.942. The second-order valence-corrected chi connectivity index (χ2v) is 2.04. The summed E-state index contributed by atoms with van der Waals surface area (Å²) in [6.07, 6.45) is 3.76. The van der Waals surface area contributed by atoms with Gasteiger partial charge >= 0.3 is 0 Å². The van der Waals surface area contributed by atoms with Crippen molar-refractivity contribution in [3.63, 3.8) is 0 Å². The van der Waals surface area contributed by atoms with Gasteiger partial charge in [0.05, 0.1) is 0 Å². The first-order valence-corrected chi connectivity index (χ1v) is 3.28. The molecule has 12 heavy (non-hydrogen) atoms. The third kappa shape index (κ3) is 23.4. The van der Waals surface area contributed by atoms with Crippen LogP contribution in [0.4, 0.5) is 0 Å². The molecule has 0 fully saturated rings. The molecule has 0 spiro atoms. The molecule has 0 heterocycles. The van der Waals surface area contributed by atoms with Gasteiger partial charge in [-0.2, -0.15) is 0 Å². The fourth-order valence-corrected chi connectivity index (χ4v) is 0.515. The maximum atomic E-state index is 8.36. The Bertz CT molecular complexity index is 134. The van der Waals surface area contributed by atoms with Gasteiger partial charge in [0, 0.05) is 13.1 Å². The summed E-state index contributed by atoms with van der Waals surface area (Å²) in [4.78, 5) is 10.5. The van der Waals surface area contributed by atoms with Crippen LogP contribution in [0.15, 0.2) is 25.3 Å². The normalized spacial score (nSPS) is 8.17. The van der Waals surface area contributed by atoms with Crippen molar-refractivity contribution in [1.82, 2.24) is 4.90 Å². The van der Waals surface area contributed by atoms with Crippen molar-refractivity contribution in [2.45, 2.75) is 0 Å². The van der Waals surface area contributed by atoms with E-state index in [-0.39, 0.29) is 0 Å². The predicted molar refractivity (Wildman–Crippen MR) is 46.7 cm³/mol. The molecule has 5 heteroatoms. The lowest BCUT2D eigenvalue weighted by Crippen LogP contribution is -2.17. The fourth-order valence-electron chi connectivity index (χ4n) is 0.515. The SMILES string of the molecule is C=CCN(C)CC=C.O=[N+]([O-])O. The summed E-state index contributed by atoms with van der Waals surface area (Å²) in [5.74, 6) is 0. The molecular formula is C7H14N2O3. The van der Waals surface area contributed by atoms with Gasteiger partial charge in [0.2, 0.25) is 0 Å². The Morgan fingerprint density at radius 1 is 1.50 bits per heavy atom. The molecule has 5 nitrogen and oxygen atoms in total. The van der Waals surface area contributed by atoms with Crippen molar-refractivity contribution in [1.29, 1.82) is 0 Å². The van der Waals surface area contributed by atoms with Crippen LogP contribution in [0.1, 0.15) is 0 Å². The lowest BCUT2D eigenvalue weighted by Gasteiger charge is -2.09. The Hall–Kier alpha value is -1.36. The van der Waals surface area contributed by atoms with Crippen LogP contribution in [0.25, 0.3) is 0 Å². The van der Waals surface area contributed by atoms with Crippen LogP contribution in [0.3, 0.4) is 0 Å². The quantitative estimate of drug-likeness (QED) is 0.391. The largest absolute Gasteiger partial charge is 0.328 e. The van der Waals surface area contributed by atoms with E-state index in [4.69, 9.17) is 15.3 Å². The molecule has 0 atom stereocenters. The van der Waals surface area contributed by atoms with Gasteiger partial charge in [-0.3, -0.25) is 4.90 Å². The summed E-state index contributed by atoms with van der Waals surface area (Å²) < 4.78 is 0. The highest BCUT2D eigenvalue weighted by Gasteiger charge is 1.86. The molecule has 0 aliphatic carbocycles. The third-order valence-electron chi connectivity index (χ3n) is 0.882. The Balaban J connectivity index is 0. The molecule has 0 aromatic heterocycles. The van der Waals surface area contributed by atoms with Gasteiger partial charge in [-0.15, -0.1) is 23.3 Å². The second kappa shape index (κ2) is 9.64. The van der Waals surface area contributed by atoms with E-state index >= 15 is 0 Å². The van der Waals surface area contributed by atoms with Gasteiger partial charge < -0.3 is 5.21 Å². The van der Waals surface area contributed by atoms with E-state index in [0.717, 1.165) is 13.1 Å². The zero-order valence-electron chi connectivity index (χ0n) is 7.14. The van der Waals surface area contributed by atoms with Gasteiger partial charge in [0.25, 0.3) is 5.09 Å². The summed E-state index contributed by atoms with van der Waals surface area (Å²) in [5.41, 5.74) is 0. The molecule has 0 amide bonds. The van der Waals surface area contributed by atoms with Crippen molar-refractivity contribution >= 4 is 0 Å². The first kappa shape index (κ1) is 13.2. The van der Waals surface area contributed by atoms with Gasteiger partial charge in [0.1, 0.15) is 0 Å². The number of rotatable bonds is 4. The van der Waals surface area contributed by atoms with E-state index in [9.17, 15) is 0 Å². The molecule has 70 valence electrons. The molecule has 0 bridgehead atoms. The number of nitrogens with zero attached hydrogens (tertiary/aromatic N) is 2. The Morgan fingerprint density at radius 2 is 1.75 bits per heavy atom. The van der Waals surface area contributed by atoms with Crippen LogP contribution in [-0.4, -0.2) is 35.3 Å². The summed E-state index contributed by atoms with van der Waals surface area (Å²) in [5, 5.41) is 13.6. The summed E-state index contributed by atoms with van der Waals surface area (Å²) in [7, 11) is 2.03. The van der Waals surface area contributed by atoms with E-state index in [1.807, 2.05) is 19.2 Å². The van der Waals surface area contributed by atoms with Gasteiger partial charge in [-0.05, 0) is 7.05 Å². The van der Waals surface area contributed by atoms with Gasteiger partial charge in [-0.25, -0.2) is 0 Å². The van der Waals surface area contributed by atoms with Gasteiger partial charge in [0.15, 0.2) is 0 Å². The van der Waals surface area contributed by atoms with E-state index in [2.05, 4.69) is 18.1 Å². The van der Waals surface area contributed by atoms with E-state index < -0.39 is 5.09 Å². The topological polar surface area (TPSA) is 66.6 Å². The molecule has 0 saturated heterocycles. The van der Waals surface area contributed by atoms with Crippen LogP contribution in [-0.2, 0) is 0 Å². The van der Waals surface area contributed by atoms with Gasteiger partial charge in [-0.1, -0.05) is 12.2 Å². The van der Waals surface area contributed by atoms with E-state index in [0.29, 0.717) is 0 Å². The van der Waals surface area contributed by atoms with Crippen LogP contribution in [0.2, 0.25) is 0 Å². The average Bonchev–Trinajstić information content (AvgIpc) is 1.87.